The molecule has 2 rings (SSSR count). The number of rotatable bonds is 4. The highest BCUT2D eigenvalue weighted by Crippen LogP contribution is 2.36. The van der Waals surface area contributed by atoms with Crippen LogP contribution in [0.4, 0.5) is 26.3 Å². The van der Waals surface area contributed by atoms with Crippen LogP contribution in [0.3, 0.4) is 0 Å². The van der Waals surface area contributed by atoms with Crippen LogP contribution in [0.1, 0.15) is 23.1 Å². The van der Waals surface area contributed by atoms with Crippen molar-refractivity contribution in [3.8, 4) is 0 Å². The van der Waals surface area contributed by atoms with Crippen LogP contribution >= 0.6 is 0 Å². The summed E-state index contributed by atoms with van der Waals surface area (Å²) in [5.74, 6) is 0. The molecule has 0 spiro atoms. The van der Waals surface area contributed by atoms with Gasteiger partial charge in [0, 0.05) is 26.2 Å². The van der Waals surface area contributed by atoms with Gasteiger partial charge < -0.3 is 9.80 Å². The minimum atomic E-state index is -4.78. The van der Waals surface area contributed by atoms with Crippen LogP contribution in [0.25, 0.3) is 0 Å². The molecule has 1 saturated heterocycles. The zero-order valence-corrected chi connectivity index (χ0v) is 13.3. The Bertz CT molecular complexity index is 512. The van der Waals surface area contributed by atoms with Gasteiger partial charge in [-0.3, -0.25) is 0 Å². The van der Waals surface area contributed by atoms with Gasteiger partial charge in [-0.05, 0) is 50.2 Å². The Hall–Kier alpha value is -1.28. The molecule has 1 aliphatic heterocycles. The van der Waals surface area contributed by atoms with Gasteiger partial charge >= 0.3 is 12.4 Å². The van der Waals surface area contributed by atoms with Crippen LogP contribution in [-0.4, -0.2) is 49.6 Å². The Balaban J connectivity index is 2.03. The summed E-state index contributed by atoms with van der Waals surface area (Å²) in [6.45, 7) is 4.24. The first-order valence-electron chi connectivity index (χ1n) is 7.75. The summed E-state index contributed by atoms with van der Waals surface area (Å²) in [6.07, 6.45) is -8.84. The number of benzene rings is 1. The highest BCUT2D eigenvalue weighted by atomic mass is 19.4. The van der Waals surface area contributed by atoms with E-state index in [0.29, 0.717) is 13.0 Å². The standard InChI is InChI=1S/C16H20F6N2/c1-23-5-7-24(8-6-23)4-2-3-12-9-13(15(17,18)19)11-14(10-12)16(20,21)22/h9-11H,2-8H2,1H3. The van der Waals surface area contributed by atoms with Crippen molar-refractivity contribution in [2.24, 2.45) is 0 Å². The molecule has 0 bridgehead atoms. The van der Waals surface area contributed by atoms with Gasteiger partial charge in [-0.2, -0.15) is 26.3 Å². The van der Waals surface area contributed by atoms with Gasteiger partial charge in [0.1, 0.15) is 0 Å². The van der Waals surface area contributed by atoms with Crippen LogP contribution in [-0.2, 0) is 18.8 Å². The van der Waals surface area contributed by atoms with Gasteiger partial charge in [0.25, 0.3) is 0 Å². The van der Waals surface area contributed by atoms with E-state index in [1.807, 2.05) is 7.05 Å². The zero-order valence-electron chi connectivity index (χ0n) is 13.3. The van der Waals surface area contributed by atoms with E-state index in [0.717, 1.165) is 38.3 Å². The van der Waals surface area contributed by atoms with E-state index in [4.69, 9.17) is 0 Å². The molecule has 0 aliphatic carbocycles. The first kappa shape index (κ1) is 19.1. The van der Waals surface area contributed by atoms with Crippen molar-refractivity contribution in [3.05, 3.63) is 34.9 Å². The smallest absolute Gasteiger partial charge is 0.304 e. The topological polar surface area (TPSA) is 6.48 Å². The molecule has 1 aromatic rings. The molecule has 0 amide bonds. The molecule has 1 heterocycles. The minimum Gasteiger partial charge on any atom is -0.304 e. The van der Waals surface area contributed by atoms with E-state index in [1.165, 1.54) is 0 Å². The third-order valence-electron chi connectivity index (χ3n) is 4.18. The Kier molecular flexibility index (Phi) is 5.80. The number of nitrogens with zero attached hydrogens (tertiary/aromatic N) is 2. The summed E-state index contributed by atoms with van der Waals surface area (Å²) in [7, 11) is 2.01. The zero-order chi connectivity index (χ0) is 18.0. The number of likely N-dealkylation sites (N-methyl/N-ethyl adjacent to an activating group) is 1. The molecule has 0 unspecified atom stereocenters. The van der Waals surface area contributed by atoms with Crippen molar-refractivity contribution in [1.29, 1.82) is 0 Å². The van der Waals surface area contributed by atoms with Gasteiger partial charge in [-0.25, -0.2) is 0 Å². The van der Waals surface area contributed by atoms with Gasteiger partial charge in [-0.1, -0.05) is 0 Å². The van der Waals surface area contributed by atoms with Crippen LogP contribution in [0.15, 0.2) is 18.2 Å². The number of alkyl halides is 6. The predicted octanol–water partition coefficient (Wildman–Crippen LogP) is 3.90. The Morgan fingerprint density at radius 1 is 0.833 bits per heavy atom. The fraction of sp³-hybridized carbons (Fsp3) is 0.625. The minimum absolute atomic E-state index is 0.0753. The lowest BCUT2D eigenvalue weighted by Gasteiger charge is -2.32. The lowest BCUT2D eigenvalue weighted by Crippen LogP contribution is -2.44. The van der Waals surface area contributed by atoms with E-state index in [-0.39, 0.29) is 18.1 Å². The van der Waals surface area contributed by atoms with Gasteiger partial charge in [0.2, 0.25) is 0 Å². The van der Waals surface area contributed by atoms with E-state index in [1.54, 1.807) is 0 Å². The molecule has 0 saturated carbocycles. The summed E-state index contributed by atoms with van der Waals surface area (Å²) in [4.78, 5) is 4.36. The second kappa shape index (κ2) is 7.31. The van der Waals surface area contributed by atoms with E-state index in [9.17, 15) is 26.3 Å². The predicted molar refractivity (Wildman–Crippen MR) is 78.7 cm³/mol. The van der Waals surface area contributed by atoms with E-state index in [2.05, 4.69) is 9.80 Å². The van der Waals surface area contributed by atoms with Crippen LogP contribution in [0.5, 0.6) is 0 Å². The fourth-order valence-corrected chi connectivity index (χ4v) is 2.74. The maximum absolute atomic E-state index is 12.8. The normalized spacial score (nSPS) is 18.1. The molecule has 2 nitrogen and oxygen atoms in total. The molecule has 1 aliphatic rings. The SMILES string of the molecule is CN1CCN(CCCc2cc(C(F)(F)F)cc(C(F)(F)F)c2)CC1. The quantitative estimate of drug-likeness (QED) is 0.757. The van der Waals surface area contributed by atoms with Gasteiger partial charge in [0.15, 0.2) is 0 Å². The molecule has 0 aromatic heterocycles. The average molecular weight is 354 g/mol. The van der Waals surface area contributed by atoms with E-state index < -0.39 is 23.5 Å². The van der Waals surface area contributed by atoms with E-state index >= 15 is 0 Å². The maximum atomic E-state index is 12.8. The molecule has 1 fully saturated rings. The number of hydrogen-bond acceptors (Lipinski definition) is 2. The summed E-state index contributed by atoms with van der Waals surface area (Å²) in [5, 5.41) is 0. The summed E-state index contributed by atoms with van der Waals surface area (Å²) >= 11 is 0. The average Bonchev–Trinajstić information content (AvgIpc) is 2.47. The number of halogens is 6. The highest BCUT2D eigenvalue weighted by Gasteiger charge is 2.36. The highest BCUT2D eigenvalue weighted by molar-refractivity contribution is 5.33. The molecule has 0 atom stereocenters. The maximum Gasteiger partial charge on any atom is 0.416 e. The number of hydrogen-bond donors (Lipinski definition) is 0. The van der Waals surface area contributed by atoms with Crippen molar-refractivity contribution in [3.63, 3.8) is 0 Å². The van der Waals surface area contributed by atoms with Gasteiger partial charge in [-0.15, -0.1) is 0 Å². The van der Waals surface area contributed by atoms with Crippen LogP contribution < -0.4 is 0 Å². The molecule has 8 heteroatoms. The van der Waals surface area contributed by atoms with Crippen molar-refractivity contribution >= 4 is 0 Å². The second-order valence-corrected chi connectivity index (χ2v) is 6.16. The second-order valence-electron chi connectivity index (χ2n) is 6.16. The summed E-state index contributed by atoms with van der Waals surface area (Å²) in [6, 6.07) is 1.81. The molecule has 0 N–H and O–H groups in total. The van der Waals surface area contributed by atoms with Crippen molar-refractivity contribution in [2.45, 2.75) is 25.2 Å². The molecular weight excluding hydrogens is 334 g/mol. The lowest BCUT2D eigenvalue weighted by molar-refractivity contribution is -0.143. The molecule has 24 heavy (non-hydrogen) atoms. The Morgan fingerprint density at radius 2 is 1.33 bits per heavy atom. The van der Waals surface area contributed by atoms with Crippen LogP contribution in [0.2, 0.25) is 0 Å². The molecule has 136 valence electrons. The van der Waals surface area contributed by atoms with Crippen LogP contribution in [0, 0.1) is 0 Å². The van der Waals surface area contributed by atoms with Crippen molar-refractivity contribution in [2.75, 3.05) is 39.8 Å². The third-order valence-corrected chi connectivity index (χ3v) is 4.18. The van der Waals surface area contributed by atoms with Gasteiger partial charge in [0.05, 0.1) is 11.1 Å². The summed E-state index contributed by atoms with van der Waals surface area (Å²) < 4.78 is 76.8. The summed E-state index contributed by atoms with van der Waals surface area (Å²) in [5.41, 5.74) is -2.41. The monoisotopic (exact) mass is 354 g/mol. The molecule has 0 radical (unpaired) electrons. The fourth-order valence-electron chi connectivity index (χ4n) is 2.74. The largest absolute Gasteiger partial charge is 0.416 e. The first-order chi connectivity index (χ1) is 11.1. The molecular formula is C16H20F6N2. The lowest BCUT2D eigenvalue weighted by atomic mass is 10.0. The Morgan fingerprint density at radius 3 is 1.79 bits per heavy atom. The van der Waals surface area contributed by atoms with Crippen molar-refractivity contribution in [1.82, 2.24) is 9.80 Å². The first-order valence-corrected chi connectivity index (χ1v) is 7.75. The van der Waals surface area contributed by atoms with Crippen molar-refractivity contribution < 1.29 is 26.3 Å². The molecule has 1 aromatic carbocycles. The number of aryl methyl sites for hydroxylation is 1. The number of piperazine rings is 1. The third kappa shape index (κ3) is 5.37. The Labute approximate surface area is 137 Å².